The molecule has 3 heterocycles. The number of hydrogen-bond acceptors (Lipinski definition) is 8. The largest absolute Gasteiger partial charge is 0.493 e. The summed E-state index contributed by atoms with van der Waals surface area (Å²) in [5.74, 6) is 0.673. The van der Waals surface area contributed by atoms with Gasteiger partial charge in [0, 0.05) is 17.1 Å². The fourth-order valence-electron chi connectivity index (χ4n) is 4.11. The Morgan fingerprint density at radius 3 is 2.41 bits per heavy atom. The number of benzene rings is 2. The maximum Gasteiger partial charge on any atom is 0.379 e. The molecule has 1 N–H and O–H groups in total. The fourth-order valence-corrected chi connectivity index (χ4v) is 4.11. The number of methoxy groups -OCH3 is 1. The topological polar surface area (TPSA) is 117 Å². The number of rotatable bonds is 10. The van der Waals surface area contributed by atoms with Crippen LogP contribution >= 0.6 is 0 Å². The molecular weight excluding hydrogens is 526 g/mol. The molecule has 0 aliphatic heterocycles. The number of hydrogen-bond donors (Lipinski definition) is 1. The summed E-state index contributed by atoms with van der Waals surface area (Å²) >= 11 is 0. The maximum absolute atomic E-state index is 12.5. The first-order valence-electron chi connectivity index (χ1n) is 12.7. The van der Waals surface area contributed by atoms with Crippen molar-refractivity contribution >= 4 is 18.1 Å². The normalized spacial score (nSPS) is 11.0. The first kappa shape index (κ1) is 27.1. The molecule has 0 bridgehead atoms. The molecule has 10 nitrogen and oxygen atoms in total. The first-order chi connectivity index (χ1) is 19.9. The summed E-state index contributed by atoms with van der Waals surface area (Å²) in [4.78, 5) is 24.6. The van der Waals surface area contributed by atoms with Crippen LogP contribution < -0.4 is 19.6 Å². The van der Waals surface area contributed by atoms with Crippen molar-refractivity contribution in [1.82, 2.24) is 9.99 Å². The Labute approximate surface area is 235 Å². The fraction of sp³-hybridized carbons (Fsp3) is 0.129. The van der Waals surface area contributed by atoms with Gasteiger partial charge in [-0.05, 0) is 98.3 Å². The van der Waals surface area contributed by atoms with Crippen molar-refractivity contribution in [2.24, 2.45) is 5.10 Å². The molecule has 0 atom stereocenters. The number of aryl methyl sites for hydroxylation is 2. The van der Waals surface area contributed by atoms with Crippen LogP contribution in [0.1, 0.15) is 43.8 Å². The van der Waals surface area contributed by atoms with E-state index < -0.39 is 11.9 Å². The van der Waals surface area contributed by atoms with Crippen LogP contribution in [0.3, 0.4) is 0 Å². The quantitative estimate of drug-likeness (QED) is 0.0998. The summed E-state index contributed by atoms with van der Waals surface area (Å²) < 4.78 is 29.3. The summed E-state index contributed by atoms with van der Waals surface area (Å²) in [6.45, 7) is 4.29. The van der Waals surface area contributed by atoms with E-state index in [1.165, 1.54) is 25.7 Å². The van der Waals surface area contributed by atoms with Gasteiger partial charge >= 0.3 is 11.9 Å². The zero-order chi connectivity index (χ0) is 28.8. The number of ether oxygens (including phenoxy) is 3. The average molecular weight is 554 g/mol. The molecule has 5 rings (SSSR count). The van der Waals surface area contributed by atoms with E-state index in [4.69, 9.17) is 23.0 Å². The van der Waals surface area contributed by atoms with Gasteiger partial charge in [0.25, 0.3) is 0 Å². The Hall–Kier alpha value is -5.51. The molecule has 3 aromatic heterocycles. The van der Waals surface area contributed by atoms with Crippen LogP contribution in [0.4, 0.5) is 0 Å². The second kappa shape index (κ2) is 12.1. The van der Waals surface area contributed by atoms with E-state index >= 15 is 0 Å². The number of carbonyl (C=O) groups excluding carboxylic acids is 2. The number of hydrazone groups is 1. The summed E-state index contributed by atoms with van der Waals surface area (Å²) in [5, 5.41) is 3.97. The summed E-state index contributed by atoms with van der Waals surface area (Å²) in [6, 6.07) is 23.0. The molecule has 0 saturated heterocycles. The molecule has 2 aromatic carbocycles. The molecule has 1 amide bonds. The second-order valence-electron chi connectivity index (χ2n) is 8.98. The molecule has 41 heavy (non-hydrogen) atoms. The van der Waals surface area contributed by atoms with Gasteiger partial charge in [0.1, 0.15) is 18.1 Å². The van der Waals surface area contributed by atoms with Gasteiger partial charge in [-0.2, -0.15) is 5.10 Å². The van der Waals surface area contributed by atoms with Crippen molar-refractivity contribution in [2.45, 2.75) is 20.5 Å². The monoisotopic (exact) mass is 553 g/mol. The van der Waals surface area contributed by atoms with E-state index in [1.807, 2.05) is 24.3 Å². The van der Waals surface area contributed by atoms with Crippen molar-refractivity contribution in [3.8, 4) is 22.9 Å². The van der Waals surface area contributed by atoms with Crippen molar-refractivity contribution in [3.63, 3.8) is 0 Å². The van der Waals surface area contributed by atoms with E-state index in [-0.39, 0.29) is 23.9 Å². The Morgan fingerprint density at radius 1 is 0.927 bits per heavy atom. The third-order valence-electron chi connectivity index (χ3n) is 6.13. The second-order valence-corrected chi connectivity index (χ2v) is 8.98. The smallest absolute Gasteiger partial charge is 0.379 e. The van der Waals surface area contributed by atoms with E-state index in [0.717, 1.165) is 17.1 Å². The highest BCUT2D eigenvalue weighted by molar-refractivity contribution is 5.92. The Morgan fingerprint density at radius 2 is 1.71 bits per heavy atom. The maximum atomic E-state index is 12.5. The molecule has 0 spiro atoms. The number of furan rings is 2. The highest BCUT2D eigenvalue weighted by atomic mass is 16.6. The molecule has 0 aliphatic carbocycles. The molecular formula is C31H27N3O7. The molecule has 10 heteroatoms. The lowest BCUT2D eigenvalue weighted by Gasteiger charge is -2.10. The standard InChI is InChI=1S/C31H27N3O7/c1-20-6-7-21(2)34(20)23-9-11-24(12-10-23)39-19-25-13-15-27(40-25)30(35)33-32-18-22-8-14-26(29(17-22)37-3)41-31(36)28-5-4-16-38-28/h4-18H,19H2,1-3H3,(H,33,35)/b32-18+. The molecule has 0 fully saturated rings. The molecule has 5 aromatic rings. The van der Waals surface area contributed by atoms with Gasteiger partial charge in [-0.1, -0.05) is 0 Å². The van der Waals surface area contributed by atoms with E-state index in [9.17, 15) is 9.59 Å². The molecule has 208 valence electrons. The van der Waals surface area contributed by atoms with Crippen LogP contribution in [0.2, 0.25) is 0 Å². The minimum absolute atomic E-state index is 0.0699. The summed E-state index contributed by atoms with van der Waals surface area (Å²) in [7, 11) is 1.45. The lowest BCUT2D eigenvalue weighted by atomic mass is 10.2. The predicted molar refractivity (Wildman–Crippen MR) is 150 cm³/mol. The molecule has 0 aliphatic rings. The van der Waals surface area contributed by atoms with Crippen LogP contribution in [0.15, 0.2) is 99.1 Å². The Bertz CT molecular complexity index is 1660. The van der Waals surface area contributed by atoms with Crippen molar-refractivity contribution in [2.75, 3.05) is 7.11 Å². The highest BCUT2D eigenvalue weighted by Gasteiger charge is 2.15. The van der Waals surface area contributed by atoms with Crippen LogP contribution in [-0.4, -0.2) is 29.8 Å². The van der Waals surface area contributed by atoms with E-state index in [0.29, 0.717) is 22.8 Å². The van der Waals surface area contributed by atoms with Crippen molar-refractivity contribution in [1.29, 1.82) is 0 Å². The van der Waals surface area contributed by atoms with Crippen LogP contribution in [0.5, 0.6) is 17.2 Å². The van der Waals surface area contributed by atoms with E-state index in [2.05, 4.69) is 41.1 Å². The van der Waals surface area contributed by atoms with Crippen LogP contribution in [0, 0.1) is 13.8 Å². The number of nitrogens with one attached hydrogen (secondary N) is 1. The van der Waals surface area contributed by atoms with Gasteiger partial charge in [-0.25, -0.2) is 10.2 Å². The molecule has 0 unspecified atom stereocenters. The van der Waals surface area contributed by atoms with Gasteiger partial charge in [0.15, 0.2) is 17.3 Å². The zero-order valence-corrected chi connectivity index (χ0v) is 22.6. The first-order valence-corrected chi connectivity index (χ1v) is 12.7. The predicted octanol–water partition coefficient (Wildman–Crippen LogP) is 5.85. The average Bonchev–Trinajstić information content (AvgIpc) is 3.75. The van der Waals surface area contributed by atoms with Crippen molar-refractivity contribution in [3.05, 3.63) is 119 Å². The zero-order valence-electron chi connectivity index (χ0n) is 22.6. The summed E-state index contributed by atoms with van der Waals surface area (Å²) in [6.07, 6.45) is 2.80. The van der Waals surface area contributed by atoms with Crippen molar-refractivity contribution < 1.29 is 32.6 Å². The third kappa shape index (κ3) is 6.39. The third-order valence-corrected chi connectivity index (χ3v) is 6.13. The Kier molecular flexibility index (Phi) is 8.00. The number of nitrogens with zero attached hydrogens (tertiary/aromatic N) is 2. The van der Waals surface area contributed by atoms with Crippen LogP contribution in [0.25, 0.3) is 5.69 Å². The number of carbonyl (C=O) groups is 2. The van der Waals surface area contributed by atoms with Gasteiger partial charge in [0.2, 0.25) is 5.76 Å². The SMILES string of the molecule is COc1cc(/C=N/NC(=O)c2ccc(COc3ccc(-n4c(C)ccc4C)cc3)o2)ccc1OC(=O)c1ccco1. The molecule has 0 radical (unpaired) electrons. The van der Waals surface area contributed by atoms with Crippen LogP contribution in [-0.2, 0) is 6.61 Å². The highest BCUT2D eigenvalue weighted by Crippen LogP contribution is 2.28. The minimum atomic E-state index is -0.652. The van der Waals surface area contributed by atoms with Gasteiger partial charge in [-0.3, -0.25) is 4.79 Å². The Balaban J connectivity index is 1.13. The molecule has 0 saturated carbocycles. The van der Waals surface area contributed by atoms with Gasteiger partial charge < -0.3 is 27.6 Å². The van der Waals surface area contributed by atoms with Gasteiger partial charge in [0.05, 0.1) is 19.6 Å². The number of amides is 1. The lowest BCUT2D eigenvalue weighted by Crippen LogP contribution is -2.16. The lowest BCUT2D eigenvalue weighted by molar-refractivity contribution is 0.0696. The van der Waals surface area contributed by atoms with Gasteiger partial charge in [-0.15, -0.1) is 0 Å². The van der Waals surface area contributed by atoms with E-state index in [1.54, 1.807) is 36.4 Å². The number of aromatic nitrogens is 1. The number of esters is 1. The minimum Gasteiger partial charge on any atom is -0.493 e. The summed E-state index contributed by atoms with van der Waals surface area (Å²) in [5.41, 5.74) is 6.39.